The zero-order valence-corrected chi connectivity index (χ0v) is 12.9. The lowest BCUT2D eigenvalue weighted by Crippen LogP contribution is -2.09. The molecule has 3 aromatic rings. The van der Waals surface area contributed by atoms with Crippen molar-refractivity contribution >= 4 is 17.2 Å². The molecule has 0 N–H and O–H groups in total. The van der Waals surface area contributed by atoms with E-state index in [9.17, 15) is 0 Å². The van der Waals surface area contributed by atoms with Crippen LogP contribution in [0.4, 0.5) is 0 Å². The summed E-state index contributed by atoms with van der Waals surface area (Å²) < 4.78 is 0. The fourth-order valence-corrected chi connectivity index (χ4v) is 6.02. The van der Waals surface area contributed by atoms with Gasteiger partial charge in [0.05, 0.1) is 8.02 Å². The zero-order valence-electron chi connectivity index (χ0n) is 11.1. The fraction of sp³-hybridized carbons (Fsp3) is 0. The summed E-state index contributed by atoms with van der Waals surface area (Å²) in [5, 5.41) is 0. The normalized spacial score (nSPS) is 11.2. The molecule has 0 spiro atoms. The van der Waals surface area contributed by atoms with E-state index in [-0.39, 0.29) is 0 Å². The van der Waals surface area contributed by atoms with Crippen LogP contribution >= 0.6 is 8.02 Å². The molecule has 3 aromatic carbocycles. The van der Waals surface area contributed by atoms with Crippen LogP contribution in [0, 0.1) is 0 Å². The van der Waals surface area contributed by atoms with E-state index >= 15 is 0 Å². The molecular weight excluding hydrogens is 279 g/mol. The Bertz CT molecular complexity index is 618. The summed E-state index contributed by atoms with van der Waals surface area (Å²) in [5.41, 5.74) is 0. The van der Waals surface area contributed by atoms with E-state index in [4.69, 9.17) is 0 Å². The molecule has 0 bridgehead atoms. The lowest BCUT2D eigenvalue weighted by molar-refractivity contribution is 1.31. The Balaban J connectivity index is 2.27. The van der Waals surface area contributed by atoms with Gasteiger partial charge in [-0.05, 0) is 45.6 Å². The smallest absolute Gasteiger partial charge is 0.0619 e. The van der Waals surface area contributed by atoms with Crippen LogP contribution < -0.4 is 0 Å². The van der Waals surface area contributed by atoms with Crippen molar-refractivity contribution in [1.82, 2.24) is 0 Å². The minimum atomic E-state index is -1.37. The molecule has 0 fully saturated rings. The van der Waals surface area contributed by atoms with E-state index in [0.29, 0.717) is 0 Å². The maximum Gasteiger partial charge on any atom is 0.131 e. The monoisotopic (exact) mass is 295 g/mol. The van der Waals surface area contributed by atoms with Crippen LogP contribution in [0.25, 0.3) is 0 Å². The van der Waals surface area contributed by atoms with Crippen LogP contribution in [0.1, 0.15) is 0 Å². The third kappa shape index (κ3) is 2.35. The molecule has 0 aromatic heterocycles. The second-order valence-corrected chi connectivity index (χ2v) is 9.03. The molecule has 0 nitrogen and oxygen atoms in total. The second kappa shape index (κ2) is 5.75. The van der Waals surface area contributed by atoms with Gasteiger partial charge in [0, 0.05) is 0 Å². The molecular formula is C18H16PS+. The molecule has 0 aliphatic heterocycles. The Morgan fingerprint density at radius 3 is 0.950 bits per heavy atom. The van der Waals surface area contributed by atoms with Gasteiger partial charge >= 0.3 is 0 Å². The number of rotatable bonds is 3. The van der Waals surface area contributed by atoms with Crippen LogP contribution in [-0.2, 0) is 9.21 Å². The SMILES string of the molecule is P=[S+](c1ccccc1)(c1ccccc1)c1ccccc1. The van der Waals surface area contributed by atoms with Crippen molar-refractivity contribution in [3.8, 4) is 0 Å². The Morgan fingerprint density at radius 1 is 0.450 bits per heavy atom. The van der Waals surface area contributed by atoms with Crippen molar-refractivity contribution in [3.05, 3.63) is 91.0 Å². The minimum absolute atomic E-state index is 1.31. The summed E-state index contributed by atoms with van der Waals surface area (Å²) in [6.07, 6.45) is 0. The van der Waals surface area contributed by atoms with Gasteiger partial charge in [0.1, 0.15) is 14.7 Å². The van der Waals surface area contributed by atoms with Gasteiger partial charge in [-0.3, -0.25) is 0 Å². The van der Waals surface area contributed by atoms with Gasteiger partial charge in [-0.15, -0.1) is 0 Å². The average Bonchev–Trinajstić information content (AvgIpc) is 2.56. The Morgan fingerprint density at radius 2 is 0.700 bits per heavy atom. The molecule has 0 heterocycles. The predicted octanol–water partition coefficient (Wildman–Crippen LogP) is 5.38. The van der Waals surface area contributed by atoms with Gasteiger partial charge in [0.15, 0.2) is 0 Å². The average molecular weight is 295 g/mol. The molecule has 0 amide bonds. The molecule has 0 radical (unpaired) electrons. The first-order valence-electron chi connectivity index (χ1n) is 6.55. The highest BCUT2D eigenvalue weighted by atomic mass is 32.5. The maximum atomic E-state index is 4.16. The van der Waals surface area contributed by atoms with Gasteiger partial charge in [0.25, 0.3) is 0 Å². The molecule has 0 atom stereocenters. The van der Waals surface area contributed by atoms with Crippen molar-refractivity contribution in [2.75, 3.05) is 0 Å². The van der Waals surface area contributed by atoms with Gasteiger partial charge in [-0.2, -0.15) is 0 Å². The van der Waals surface area contributed by atoms with Crippen LogP contribution in [0.15, 0.2) is 106 Å². The molecule has 20 heavy (non-hydrogen) atoms. The van der Waals surface area contributed by atoms with Gasteiger partial charge in [-0.1, -0.05) is 54.6 Å². The van der Waals surface area contributed by atoms with E-state index in [1.807, 2.05) is 0 Å². The highest BCUT2D eigenvalue weighted by Gasteiger charge is 2.29. The first-order chi connectivity index (χ1) is 9.82. The second-order valence-electron chi connectivity index (χ2n) is 4.55. The maximum absolute atomic E-state index is 4.16. The number of benzene rings is 3. The molecule has 2 heteroatoms. The van der Waals surface area contributed by atoms with E-state index in [2.05, 4.69) is 99.0 Å². The minimum Gasteiger partial charge on any atom is -0.0619 e. The highest BCUT2D eigenvalue weighted by Crippen LogP contribution is 2.39. The summed E-state index contributed by atoms with van der Waals surface area (Å²) >= 11 is 0. The third-order valence-electron chi connectivity index (χ3n) is 3.29. The number of hydrogen-bond donors (Lipinski definition) is 0. The summed E-state index contributed by atoms with van der Waals surface area (Å²) in [6, 6.07) is 32.0. The lowest BCUT2D eigenvalue weighted by Gasteiger charge is -2.18. The van der Waals surface area contributed by atoms with Crippen LogP contribution in [0.2, 0.25) is 0 Å². The van der Waals surface area contributed by atoms with Gasteiger partial charge in [0.2, 0.25) is 0 Å². The summed E-state index contributed by atoms with van der Waals surface area (Å²) in [6.45, 7) is 0. The molecule has 0 saturated heterocycles. The van der Waals surface area contributed by atoms with Crippen molar-refractivity contribution < 1.29 is 0 Å². The molecule has 3 rings (SSSR count). The molecule has 0 aliphatic carbocycles. The van der Waals surface area contributed by atoms with Crippen LogP contribution in [0.5, 0.6) is 0 Å². The Labute approximate surface area is 123 Å². The summed E-state index contributed by atoms with van der Waals surface area (Å²) in [7, 11) is 2.79. The summed E-state index contributed by atoms with van der Waals surface area (Å²) in [4.78, 5) is 3.94. The van der Waals surface area contributed by atoms with Gasteiger partial charge in [-0.25, -0.2) is 0 Å². The van der Waals surface area contributed by atoms with Crippen molar-refractivity contribution in [2.24, 2.45) is 0 Å². The van der Waals surface area contributed by atoms with Crippen LogP contribution in [0.3, 0.4) is 0 Å². The molecule has 0 unspecified atom stereocenters. The zero-order chi connectivity index (χ0) is 13.8. The predicted molar refractivity (Wildman–Crippen MR) is 89.8 cm³/mol. The van der Waals surface area contributed by atoms with E-state index < -0.39 is 9.21 Å². The van der Waals surface area contributed by atoms with Crippen molar-refractivity contribution in [1.29, 1.82) is 0 Å². The largest absolute Gasteiger partial charge is 0.131 e. The topological polar surface area (TPSA) is 0 Å². The first-order valence-corrected chi connectivity index (χ1v) is 9.41. The Kier molecular flexibility index (Phi) is 3.82. The summed E-state index contributed by atoms with van der Waals surface area (Å²) in [5.74, 6) is 0. The molecule has 98 valence electrons. The molecule has 0 saturated carbocycles. The highest BCUT2D eigenvalue weighted by molar-refractivity contribution is 8.29. The lowest BCUT2D eigenvalue weighted by atomic mass is 10.4. The number of hydrogen-bond acceptors (Lipinski definition) is 0. The van der Waals surface area contributed by atoms with Gasteiger partial charge < -0.3 is 0 Å². The van der Waals surface area contributed by atoms with E-state index in [1.54, 1.807) is 0 Å². The molecule has 0 aliphatic rings. The first kappa shape index (κ1) is 13.3. The van der Waals surface area contributed by atoms with Crippen molar-refractivity contribution in [2.45, 2.75) is 14.7 Å². The van der Waals surface area contributed by atoms with Crippen LogP contribution in [-0.4, -0.2) is 0 Å². The van der Waals surface area contributed by atoms with Crippen molar-refractivity contribution in [3.63, 3.8) is 0 Å². The van der Waals surface area contributed by atoms with E-state index in [1.165, 1.54) is 14.7 Å². The Hall–Kier alpha value is -1.69. The third-order valence-corrected chi connectivity index (χ3v) is 8.35. The van der Waals surface area contributed by atoms with E-state index in [0.717, 1.165) is 0 Å². The quantitative estimate of drug-likeness (QED) is 0.450. The fourth-order valence-electron chi connectivity index (χ4n) is 2.28. The standard InChI is InChI=1S/C18H16PS/c19-20(16-10-4-1-5-11-16,17-12-6-2-7-13-17)18-14-8-3-9-15-18/h1-15,19H/q+1.